The molecule has 1 aliphatic heterocycles. The van der Waals surface area contributed by atoms with E-state index in [0.29, 0.717) is 16.3 Å². The van der Waals surface area contributed by atoms with Gasteiger partial charge in [-0.2, -0.15) is 0 Å². The zero-order valence-corrected chi connectivity index (χ0v) is 18.3. The molecule has 9 heteroatoms. The number of aromatic carboxylic acids is 1. The van der Waals surface area contributed by atoms with Gasteiger partial charge >= 0.3 is 5.97 Å². The predicted octanol–water partition coefficient (Wildman–Crippen LogP) is 4.05. The number of rotatable bonds is 6. The summed E-state index contributed by atoms with van der Waals surface area (Å²) in [5.41, 5.74) is 0.573. The Hall–Kier alpha value is -3.23. The molecule has 1 atom stereocenters. The molecule has 2 aromatic rings. The zero-order chi connectivity index (χ0) is 22.7. The number of nitrogens with zero attached hydrogens (tertiary/aromatic N) is 1. The molecule has 160 valence electrons. The van der Waals surface area contributed by atoms with Crippen molar-refractivity contribution in [1.82, 2.24) is 5.32 Å². The van der Waals surface area contributed by atoms with Gasteiger partial charge in [0.1, 0.15) is 11.3 Å². The van der Waals surface area contributed by atoms with E-state index >= 15 is 0 Å². The molecule has 7 nitrogen and oxygen atoms in total. The quantitative estimate of drug-likeness (QED) is 0.385. The Morgan fingerprint density at radius 2 is 2.03 bits per heavy atom. The lowest BCUT2D eigenvalue weighted by atomic mass is 10.1. The van der Waals surface area contributed by atoms with E-state index in [9.17, 15) is 19.5 Å². The normalized spacial score (nSPS) is 16.3. The van der Waals surface area contributed by atoms with Crippen LogP contribution in [0.25, 0.3) is 6.08 Å². The fourth-order valence-electron chi connectivity index (χ4n) is 2.84. The number of thiocarbonyl (C=S) groups is 1. The molecule has 0 aromatic heterocycles. The number of anilines is 1. The molecule has 2 aromatic carbocycles. The molecular weight excluding hydrogens is 440 g/mol. The second-order valence-corrected chi connectivity index (χ2v) is 7.63. The van der Waals surface area contributed by atoms with E-state index in [2.05, 4.69) is 5.32 Å². The van der Waals surface area contributed by atoms with Gasteiger partial charge in [0.2, 0.25) is 0 Å². The molecule has 0 radical (unpaired) electrons. The van der Waals surface area contributed by atoms with E-state index in [4.69, 9.17) is 28.6 Å². The number of carboxylic acids is 1. The highest BCUT2D eigenvalue weighted by atomic mass is 35.5. The Morgan fingerprint density at radius 1 is 1.29 bits per heavy atom. The number of carbonyl (C=O) groups is 3. The molecule has 31 heavy (non-hydrogen) atoms. The van der Waals surface area contributed by atoms with Crippen LogP contribution >= 0.6 is 23.8 Å². The van der Waals surface area contributed by atoms with Gasteiger partial charge in [-0.25, -0.2) is 4.79 Å². The maximum atomic E-state index is 13.1. The minimum Gasteiger partial charge on any atom is -0.489 e. The topological polar surface area (TPSA) is 95.9 Å². The minimum atomic E-state index is -1.15. The summed E-state index contributed by atoms with van der Waals surface area (Å²) in [7, 11) is 0. The molecule has 0 aliphatic carbocycles. The fourth-order valence-corrected chi connectivity index (χ4v) is 3.35. The van der Waals surface area contributed by atoms with Crippen molar-refractivity contribution in [2.24, 2.45) is 0 Å². The van der Waals surface area contributed by atoms with Crippen molar-refractivity contribution in [3.05, 3.63) is 64.2 Å². The first-order valence-corrected chi connectivity index (χ1v) is 10.2. The van der Waals surface area contributed by atoms with Crippen LogP contribution in [-0.2, 0) is 9.59 Å². The van der Waals surface area contributed by atoms with Crippen molar-refractivity contribution >= 4 is 58.5 Å². The highest BCUT2D eigenvalue weighted by Gasteiger charge is 2.34. The summed E-state index contributed by atoms with van der Waals surface area (Å²) < 4.78 is 5.73. The first-order valence-electron chi connectivity index (χ1n) is 9.42. The lowest BCUT2D eigenvalue weighted by molar-refractivity contribution is -0.122. The van der Waals surface area contributed by atoms with Gasteiger partial charge in [-0.3, -0.25) is 19.8 Å². The summed E-state index contributed by atoms with van der Waals surface area (Å²) in [6.07, 6.45) is 2.20. The monoisotopic (exact) mass is 458 g/mol. The number of nitrogens with one attached hydrogen (secondary N) is 1. The van der Waals surface area contributed by atoms with Crippen molar-refractivity contribution in [3.63, 3.8) is 0 Å². The molecule has 2 N–H and O–H groups in total. The second-order valence-electron chi connectivity index (χ2n) is 6.84. The number of amides is 2. The Bertz CT molecular complexity index is 1110. The van der Waals surface area contributed by atoms with Crippen molar-refractivity contribution in [3.8, 4) is 5.75 Å². The summed E-state index contributed by atoms with van der Waals surface area (Å²) in [4.78, 5) is 37.9. The van der Waals surface area contributed by atoms with Crippen molar-refractivity contribution in [1.29, 1.82) is 0 Å². The molecule has 2 amide bonds. The Balaban J connectivity index is 1.95. The number of ether oxygens (including phenoxy) is 1. The Morgan fingerprint density at radius 3 is 2.68 bits per heavy atom. The van der Waals surface area contributed by atoms with Crippen molar-refractivity contribution in [2.45, 2.75) is 26.4 Å². The van der Waals surface area contributed by atoms with E-state index in [1.807, 2.05) is 13.8 Å². The van der Waals surface area contributed by atoms with E-state index in [-0.39, 0.29) is 28.0 Å². The first-order chi connectivity index (χ1) is 14.7. The van der Waals surface area contributed by atoms with Gasteiger partial charge in [0.15, 0.2) is 5.11 Å². The molecular formula is C22H19ClN2O5S. The van der Waals surface area contributed by atoms with Gasteiger partial charge in [0.05, 0.1) is 22.4 Å². The number of hydrogen-bond donors (Lipinski definition) is 2. The summed E-state index contributed by atoms with van der Waals surface area (Å²) in [5.74, 6) is -1.97. The average molecular weight is 459 g/mol. The van der Waals surface area contributed by atoms with E-state index in [0.717, 1.165) is 11.3 Å². The predicted molar refractivity (Wildman–Crippen MR) is 121 cm³/mol. The standard InChI is InChI=1S/C22H19ClN2O5S/c1-3-12(2)30-18-8-7-13(10-17(18)23)9-16-19(26)24-22(31)25(20(16)27)15-6-4-5-14(11-15)21(28)29/h4-12H,3H2,1-2H3,(H,28,29)(H,24,26,31). The van der Waals surface area contributed by atoms with Gasteiger partial charge in [-0.15, -0.1) is 0 Å². The lowest BCUT2D eigenvalue weighted by Crippen LogP contribution is -2.54. The summed E-state index contributed by atoms with van der Waals surface area (Å²) >= 11 is 11.4. The van der Waals surface area contributed by atoms with Crippen LogP contribution in [0.15, 0.2) is 48.0 Å². The van der Waals surface area contributed by atoms with Crippen LogP contribution in [0.4, 0.5) is 5.69 Å². The van der Waals surface area contributed by atoms with Crippen molar-refractivity contribution < 1.29 is 24.2 Å². The molecule has 0 spiro atoms. The number of hydrogen-bond acceptors (Lipinski definition) is 5. The third-order valence-corrected chi connectivity index (χ3v) is 5.20. The molecule has 1 fully saturated rings. The first kappa shape index (κ1) is 22.5. The third kappa shape index (κ3) is 4.92. The van der Waals surface area contributed by atoms with Gasteiger partial charge in [-0.05, 0) is 67.5 Å². The highest BCUT2D eigenvalue weighted by molar-refractivity contribution is 7.80. The lowest BCUT2D eigenvalue weighted by Gasteiger charge is -2.29. The van der Waals surface area contributed by atoms with E-state index in [1.54, 1.807) is 18.2 Å². The molecule has 1 unspecified atom stereocenters. The smallest absolute Gasteiger partial charge is 0.335 e. The number of benzene rings is 2. The van der Waals surface area contributed by atoms with Crippen LogP contribution in [0, 0.1) is 0 Å². The van der Waals surface area contributed by atoms with Crippen LogP contribution < -0.4 is 15.0 Å². The van der Waals surface area contributed by atoms with Gasteiger partial charge in [0.25, 0.3) is 11.8 Å². The SMILES string of the molecule is CCC(C)Oc1ccc(C=C2C(=O)NC(=S)N(c3cccc(C(=O)O)c3)C2=O)cc1Cl. The number of carboxylic acid groups (broad SMARTS) is 1. The largest absolute Gasteiger partial charge is 0.489 e. The second kappa shape index (κ2) is 9.28. The maximum Gasteiger partial charge on any atom is 0.335 e. The van der Waals surface area contributed by atoms with Gasteiger partial charge < -0.3 is 9.84 Å². The van der Waals surface area contributed by atoms with Gasteiger partial charge in [0, 0.05) is 0 Å². The Labute approximate surface area is 189 Å². The van der Waals surface area contributed by atoms with Crippen molar-refractivity contribution in [2.75, 3.05) is 4.90 Å². The van der Waals surface area contributed by atoms with Crippen LogP contribution in [0.1, 0.15) is 36.2 Å². The molecule has 1 aliphatic rings. The summed E-state index contributed by atoms with van der Waals surface area (Å²) in [6.45, 7) is 3.92. The third-order valence-electron chi connectivity index (χ3n) is 4.62. The van der Waals surface area contributed by atoms with Crippen LogP contribution in [0.2, 0.25) is 5.02 Å². The maximum absolute atomic E-state index is 13.1. The number of carbonyl (C=O) groups excluding carboxylic acids is 2. The van der Waals surface area contributed by atoms with E-state index < -0.39 is 17.8 Å². The molecule has 1 saturated heterocycles. The average Bonchev–Trinajstić information content (AvgIpc) is 2.73. The molecule has 0 saturated carbocycles. The number of halogens is 1. The summed E-state index contributed by atoms with van der Waals surface area (Å²) in [5, 5.41) is 11.9. The highest BCUT2D eigenvalue weighted by Crippen LogP contribution is 2.29. The van der Waals surface area contributed by atoms with Gasteiger partial charge in [-0.1, -0.05) is 30.7 Å². The summed E-state index contributed by atoms with van der Waals surface area (Å²) in [6, 6.07) is 10.7. The van der Waals surface area contributed by atoms with E-state index in [1.165, 1.54) is 30.3 Å². The molecule has 1 heterocycles. The molecule has 0 bridgehead atoms. The Kier molecular flexibility index (Phi) is 6.72. The minimum absolute atomic E-state index is 0.0106. The van der Waals surface area contributed by atoms with Crippen LogP contribution in [-0.4, -0.2) is 34.1 Å². The van der Waals surface area contributed by atoms with Crippen LogP contribution in [0.3, 0.4) is 0 Å². The van der Waals surface area contributed by atoms with Crippen LogP contribution in [0.5, 0.6) is 5.75 Å². The fraction of sp³-hybridized carbons (Fsp3) is 0.182. The molecule has 3 rings (SSSR count). The zero-order valence-electron chi connectivity index (χ0n) is 16.7.